The van der Waals surface area contributed by atoms with E-state index in [1.165, 1.54) is 70.6 Å². The van der Waals surface area contributed by atoms with E-state index in [0.717, 1.165) is 32.1 Å². The number of esters is 1. The molecule has 0 aromatic carbocycles. The highest BCUT2D eigenvalue weighted by Gasteiger charge is 2.25. The molecule has 1 fully saturated rings. The van der Waals surface area contributed by atoms with Crippen molar-refractivity contribution >= 4 is 5.97 Å². The highest BCUT2D eigenvalue weighted by Crippen LogP contribution is 2.26. The van der Waals surface area contributed by atoms with E-state index in [4.69, 9.17) is 18.9 Å². The van der Waals surface area contributed by atoms with Crippen LogP contribution in [0.4, 0.5) is 0 Å². The van der Waals surface area contributed by atoms with Gasteiger partial charge in [0.15, 0.2) is 19.9 Å². The second-order valence-electron chi connectivity index (χ2n) is 9.21. The van der Waals surface area contributed by atoms with Gasteiger partial charge in [-0.15, -0.1) is 0 Å². The predicted molar refractivity (Wildman–Crippen MR) is 126 cm³/mol. The molecule has 5 nitrogen and oxygen atoms in total. The molecule has 0 bridgehead atoms. The maximum absolute atomic E-state index is 11.8. The maximum Gasteiger partial charge on any atom is 0.306 e. The van der Waals surface area contributed by atoms with Crippen molar-refractivity contribution in [2.24, 2.45) is 5.92 Å². The second-order valence-corrected chi connectivity index (χ2v) is 9.21. The van der Waals surface area contributed by atoms with E-state index >= 15 is 0 Å². The van der Waals surface area contributed by atoms with E-state index in [1.54, 1.807) is 0 Å². The molecule has 1 aliphatic rings. The van der Waals surface area contributed by atoms with Gasteiger partial charge in [0.25, 0.3) is 0 Å². The van der Waals surface area contributed by atoms with Gasteiger partial charge in [-0.2, -0.15) is 0 Å². The van der Waals surface area contributed by atoms with E-state index in [0.29, 0.717) is 25.9 Å². The lowest BCUT2D eigenvalue weighted by Gasteiger charge is -2.30. The molecule has 0 spiro atoms. The first-order valence-corrected chi connectivity index (χ1v) is 13.2. The minimum atomic E-state index is -0.0835. The molecule has 1 heterocycles. The molecular weight excluding hydrogens is 392 g/mol. The van der Waals surface area contributed by atoms with Gasteiger partial charge in [-0.1, -0.05) is 90.9 Å². The largest absolute Gasteiger partial charge is 0.463 e. The summed E-state index contributed by atoms with van der Waals surface area (Å²) >= 11 is 0. The molecule has 184 valence electrons. The van der Waals surface area contributed by atoms with Crippen LogP contribution in [0.15, 0.2) is 0 Å². The van der Waals surface area contributed by atoms with Crippen LogP contribution in [-0.2, 0) is 23.7 Å². The van der Waals surface area contributed by atoms with Crippen molar-refractivity contribution in [3.05, 3.63) is 0 Å². The summed E-state index contributed by atoms with van der Waals surface area (Å²) in [5.74, 6) is 0.470. The van der Waals surface area contributed by atoms with Crippen molar-refractivity contribution in [3.63, 3.8) is 0 Å². The molecule has 0 aliphatic carbocycles. The SMILES string of the molecule is CCCCCCC(CCCCCCCCCC(=O)OC(C)CCCC)C1OCOCO1. The highest BCUT2D eigenvalue weighted by atomic mass is 16.8. The Morgan fingerprint density at radius 1 is 0.774 bits per heavy atom. The van der Waals surface area contributed by atoms with Crippen molar-refractivity contribution < 1.29 is 23.7 Å². The Hall–Kier alpha value is -0.650. The average molecular weight is 443 g/mol. The summed E-state index contributed by atoms with van der Waals surface area (Å²) in [7, 11) is 0. The molecule has 31 heavy (non-hydrogen) atoms. The summed E-state index contributed by atoms with van der Waals surface area (Å²) in [6.07, 6.45) is 19.7. The average Bonchev–Trinajstić information content (AvgIpc) is 2.78. The van der Waals surface area contributed by atoms with Crippen LogP contribution in [0.25, 0.3) is 0 Å². The molecule has 0 radical (unpaired) electrons. The van der Waals surface area contributed by atoms with Gasteiger partial charge in [-0.05, 0) is 32.6 Å². The first kappa shape index (κ1) is 28.4. The Balaban J connectivity index is 2.03. The molecule has 0 aromatic heterocycles. The van der Waals surface area contributed by atoms with Gasteiger partial charge in [-0.3, -0.25) is 4.79 Å². The zero-order chi connectivity index (χ0) is 22.6. The van der Waals surface area contributed by atoms with Crippen molar-refractivity contribution in [1.29, 1.82) is 0 Å². The topological polar surface area (TPSA) is 54.0 Å². The fourth-order valence-electron chi connectivity index (χ4n) is 4.23. The number of unbranched alkanes of at least 4 members (excludes halogenated alkanes) is 10. The van der Waals surface area contributed by atoms with Gasteiger partial charge < -0.3 is 18.9 Å². The third kappa shape index (κ3) is 15.7. The van der Waals surface area contributed by atoms with Crippen molar-refractivity contribution in [2.75, 3.05) is 13.6 Å². The predicted octanol–water partition coefficient (Wildman–Crippen LogP) is 7.51. The minimum Gasteiger partial charge on any atom is -0.463 e. The van der Waals surface area contributed by atoms with Gasteiger partial charge in [0, 0.05) is 12.3 Å². The Kier molecular flexibility index (Phi) is 18.3. The molecule has 5 heteroatoms. The highest BCUT2D eigenvalue weighted by molar-refractivity contribution is 5.69. The van der Waals surface area contributed by atoms with Crippen LogP contribution in [0.5, 0.6) is 0 Å². The van der Waals surface area contributed by atoms with Crippen LogP contribution < -0.4 is 0 Å². The van der Waals surface area contributed by atoms with Crippen molar-refractivity contribution in [3.8, 4) is 0 Å². The fourth-order valence-corrected chi connectivity index (χ4v) is 4.23. The summed E-state index contributed by atoms with van der Waals surface area (Å²) in [5.41, 5.74) is 0. The first-order chi connectivity index (χ1) is 15.2. The van der Waals surface area contributed by atoms with E-state index in [9.17, 15) is 4.79 Å². The van der Waals surface area contributed by atoms with Crippen LogP contribution in [0.2, 0.25) is 0 Å². The number of carbonyl (C=O) groups excluding carboxylic acids is 1. The number of ether oxygens (including phenoxy) is 4. The third-order valence-corrected chi connectivity index (χ3v) is 6.20. The lowest BCUT2D eigenvalue weighted by Crippen LogP contribution is -2.33. The van der Waals surface area contributed by atoms with Crippen LogP contribution >= 0.6 is 0 Å². The van der Waals surface area contributed by atoms with Gasteiger partial charge in [0.1, 0.15) is 0 Å². The lowest BCUT2D eigenvalue weighted by molar-refractivity contribution is -0.315. The molecule has 1 rings (SSSR count). The van der Waals surface area contributed by atoms with Crippen LogP contribution in [0, 0.1) is 5.92 Å². The molecular formula is C26H50O5. The number of hydrogen-bond acceptors (Lipinski definition) is 5. The van der Waals surface area contributed by atoms with Crippen molar-refractivity contribution in [2.45, 2.75) is 142 Å². The zero-order valence-electron chi connectivity index (χ0n) is 20.7. The second kappa shape index (κ2) is 20.0. The van der Waals surface area contributed by atoms with Crippen LogP contribution in [0.3, 0.4) is 0 Å². The molecule has 1 saturated heterocycles. The van der Waals surface area contributed by atoms with E-state index in [-0.39, 0.29) is 18.4 Å². The molecule has 1 aliphatic heterocycles. The quantitative estimate of drug-likeness (QED) is 0.144. The summed E-state index contributed by atoms with van der Waals surface area (Å²) in [6.45, 7) is 7.14. The van der Waals surface area contributed by atoms with Gasteiger partial charge >= 0.3 is 5.97 Å². The van der Waals surface area contributed by atoms with Crippen LogP contribution in [0.1, 0.15) is 130 Å². The monoisotopic (exact) mass is 442 g/mol. The molecule has 0 amide bonds. The van der Waals surface area contributed by atoms with Gasteiger partial charge in [0.05, 0.1) is 6.10 Å². The molecule has 2 unspecified atom stereocenters. The van der Waals surface area contributed by atoms with Crippen molar-refractivity contribution in [1.82, 2.24) is 0 Å². The first-order valence-electron chi connectivity index (χ1n) is 13.2. The summed E-state index contributed by atoms with van der Waals surface area (Å²) in [4.78, 5) is 11.8. The van der Waals surface area contributed by atoms with E-state index in [1.807, 2.05) is 6.92 Å². The summed E-state index contributed by atoms with van der Waals surface area (Å²) < 4.78 is 22.0. The summed E-state index contributed by atoms with van der Waals surface area (Å²) in [5, 5.41) is 0. The third-order valence-electron chi connectivity index (χ3n) is 6.20. The molecule has 0 saturated carbocycles. The van der Waals surface area contributed by atoms with Gasteiger partial charge in [0.2, 0.25) is 0 Å². The van der Waals surface area contributed by atoms with E-state index in [2.05, 4.69) is 13.8 Å². The van der Waals surface area contributed by atoms with E-state index < -0.39 is 0 Å². The summed E-state index contributed by atoms with van der Waals surface area (Å²) in [6, 6.07) is 0. The number of rotatable bonds is 20. The minimum absolute atomic E-state index is 0.0221. The molecule has 0 N–H and O–H groups in total. The fraction of sp³-hybridized carbons (Fsp3) is 0.962. The molecule has 0 aromatic rings. The standard InChI is InChI=1S/C26H50O5/c1-4-6-8-14-18-24(26-29-21-28-22-30-26)19-15-12-10-9-11-13-16-20-25(27)31-23(3)17-7-5-2/h23-24,26H,4-22H2,1-3H3. The molecule has 2 atom stereocenters. The zero-order valence-corrected chi connectivity index (χ0v) is 20.7. The maximum atomic E-state index is 11.8. The van der Waals surface area contributed by atoms with Gasteiger partial charge in [-0.25, -0.2) is 0 Å². The number of hydrogen-bond donors (Lipinski definition) is 0. The Morgan fingerprint density at radius 2 is 1.32 bits per heavy atom. The lowest BCUT2D eigenvalue weighted by atomic mass is 9.93. The Bertz CT molecular complexity index is 409. The van der Waals surface area contributed by atoms with Crippen LogP contribution in [-0.4, -0.2) is 31.9 Å². The Morgan fingerprint density at radius 3 is 1.94 bits per heavy atom. The normalized spacial score (nSPS) is 16.9. The smallest absolute Gasteiger partial charge is 0.306 e. The number of carbonyl (C=O) groups is 1. The Labute approximate surface area is 191 Å².